The van der Waals surface area contributed by atoms with E-state index < -0.39 is 0 Å². The fourth-order valence-corrected chi connectivity index (χ4v) is 0.977. The normalized spacial score (nSPS) is 9.33. The van der Waals surface area contributed by atoms with E-state index in [1.54, 1.807) is 24.5 Å². The van der Waals surface area contributed by atoms with E-state index in [1.165, 1.54) is 0 Å². The van der Waals surface area contributed by atoms with Crippen LogP contribution in [0.15, 0.2) is 30.6 Å². The maximum atomic E-state index is 9.27. The van der Waals surface area contributed by atoms with Gasteiger partial charge in [0.05, 0.1) is 5.52 Å². The number of fused-ring (bicyclic) bond motifs is 1. The number of para-hydroxylation sites is 1. The molecule has 0 atom stereocenters. The van der Waals surface area contributed by atoms with Gasteiger partial charge in [-0.1, -0.05) is 6.07 Å². The van der Waals surface area contributed by atoms with E-state index in [2.05, 4.69) is 9.97 Å². The number of aromatic nitrogens is 2. The van der Waals surface area contributed by atoms with Crippen molar-refractivity contribution in [3.63, 3.8) is 0 Å². The van der Waals surface area contributed by atoms with Crippen LogP contribution in [-0.2, 0) is 0 Å². The molecule has 4 heteroatoms. The fourth-order valence-electron chi connectivity index (χ4n) is 0.977. The molecule has 1 N–H and O–H groups in total. The molecule has 0 aliphatic rings. The van der Waals surface area contributed by atoms with Gasteiger partial charge in [0.2, 0.25) is 0 Å². The molecule has 2 rings (SSSR count). The number of phenolic OH excluding ortho intramolecular Hbond substituents is 1. The van der Waals surface area contributed by atoms with Gasteiger partial charge < -0.3 is 5.11 Å². The van der Waals surface area contributed by atoms with Crippen molar-refractivity contribution in [1.82, 2.24) is 9.97 Å². The van der Waals surface area contributed by atoms with Crippen LogP contribution < -0.4 is 0 Å². The second-order valence-electron chi connectivity index (χ2n) is 2.20. The molecule has 0 amide bonds. The van der Waals surface area contributed by atoms with E-state index in [0.717, 1.165) is 0 Å². The zero-order valence-corrected chi connectivity index (χ0v) is 8.73. The van der Waals surface area contributed by atoms with Gasteiger partial charge in [-0.25, -0.2) is 4.98 Å². The van der Waals surface area contributed by atoms with Gasteiger partial charge in [-0.3, -0.25) is 4.98 Å². The summed E-state index contributed by atoms with van der Waals surface area (Å²) in [7, 11) is 0. The molecular formula is C8H6GaN2O. The summed E-state index contributed by atoms with van der Waals surface area (Å²) in [5.41, 5.74) is 1.27. The summed E-state index contributed by atoms with van der Waals surface area (Å²) in [5, 5.41) is 9.27. The summed E-state index contributed by atoms with van der Waals surface area (Å²) in [5.74, 6) is 0.176. The molecule has 0 aliphatic heterocycles. The Balaban J connectivity index is 0.000000720. The molecule has 3 radical (unpaired) electrons. The smallest absolute Gasteiger partial charge is 0.143 e. The zero-order valence-electron chi connectivity index (χ0n) is 6.31. The Morgan fingerprint density at radius 2 is 1.83 bits per heavy atom. The summed E-state index contributed by atoms with van der Waals surface area (Å²) < 4.78 is 0. The average molecular weight is 216 g/mol. The first-order valence-electron chi connectivity index (χ1n) is 3.26. The summed E-state index contributed by atoms with van der Waals surface area (Å²) in [4.78, 5) is 7.99. The second-order valence-corrected chi connectivity index (χ2v) is 2.20. The third-order valence-corrected chi connectivity index (χ3v) is 1.48. The molecule has 1 aromatic heterocycles. The third kappa shape index (κ3) is 1.44. The van der Waals surface area contributed by atoms with Crippen molar-refractivity contribution in [2.45, 2.75) is 0 Å². The largest absolute Gasteiger partial charge is 0.506 e. The van der Waals surface area contributed by atoms with Crippen molar-refractivity contribution in [2.75, 3.05) is 0 Å². The number of hydrogen-bond acceptors (Lipinski definition) is 3. The minimum absolute atomic E-state index is 0. The van der Waals surface area contributed by atoms with Crippen molar-refractivity contribution in [3.8, 4) is 5.75 Å². The molecule has 0 fully saturated rings. The topological polar surface area (TPSA) is 46.0 Å². The fraction of sp³-hybridized carbons (Fsp3) is 0. The molecule has 0 unspecified atom stereocenters. The molecule has 1 heterocycles. The quantitative estimate of drug-likeness (QED) is 0.666. The molecule has 12 heavy (non-hydrogen) atoms. The molecule has 0 saturated heterocycles. The van der Waals surface area contributed by atoms with E-state index in [-0.39, 0.29) is 25.5 Å². The van der Waals surface area contributed by atoms with Crippen molar-refractivity contribution in [1.29, 1.82) is 0 Å². The van der Waals surface area contributed by atoms with Gasteiger partial charge in [-0.15, -0.1) is 0 Å². The van der Waals surface area contributed by atoms with Crippen molar-refractivity contribution in [3.05, 3.63) is 30.6 Å². The molecule has 1 aromatic carbocycles. The Labute approximate surface area is 82.5 Å². The first kappa shape index (κ1) is 9.09. The van der Waals surface area contributed by atoms with Crippen LogP contribution in [0.5, 0.6) is 5.75 Å². The first-order chi connectivity index (χ1) is 5.38. The standard InChI is InChI=1S/C8H6N2O.Ga/c11-7-3-1-2-6-8(7)10-5-4-9-6;/h1-5,11H;. The molecule has 0 bridgehead atoms. The molecule has 3 nitrogen and oxygen atoms in total. The van der Waals surface area contributed by atoms with Gasteiger partial charge in [0.25, 0.3) is 0 Å². The van der Waals surface area contributed by atoms with Crippen LogP contribution in [-0.4, -0.2) is 34.9 Å². The minimum Gasteiger partial charge on any atom is -0.506 e. The van der Waals surface area contributed by atoms with Crippen LogP contribution in [0.2, 0.25) is 0 Å². The summed E-state index contributed by atoms with van der Waals surface area (Å²) in [6, 6.07) is 5.14. The maximum Gasteiger partial charge on any atom is 0.143 e. The minimum atomic E-state index is 0. The Morgan fingerprint density at radius 1 is 1.08 bits per heavy atom. The molecule has 2 aromatic rings. The number of benzene rings is 1. The van der Waals surface area contributed by atoms with Gasteiger partial charge in [0, 0.05) is 32.2 Å². The van der Waals surface area contributed by atoms with E-state index in [0.29, 0.717) is 11.0 Å². The molecule has 57 valence electrons. The van der Waals surface area contributed by atoms with Crippen LogP contribution in [0.3, 0.4) is 0 Å². The number of hydrogen-bond donors (Lipinski definition) is 1. The van der Waals surface area contributed by atoms with Crippen molar-refractivity contribution < 1.29 is 5.11 Å². The van der Waals surface area contributed by atoms with Gasteiger partial charge in [0.15, 0.2) is 0 Å². The molecule has 0 aliphatic carbocycles. The van der Waals surface area contributed by atoms with Gasteiger partial charge in [0.1, 0.15) is 11.3 Å². The monoisotopic (exact) mass is 215 g/mol. The zero-order chi connectivity index (χ0) is 7.68. The predicted molar refractivity (Wildman–Crippen MR) is 47.0 cm³/mol. The summed E-state index contributed by atoms with van der Waals surface area (Å²) in [6.45, 7) is 0. The van der Waals surface area contributed by atoms with Gasteiger partial charge >= 0.3 is 0 Å². The number of rotatable bonds is 0. The van der Waals surface area contributed by atoms with E-state index in [4.69, 9.17) is 0 Å². The first-order valence-corrected chi connectivity index (χ1v) is 3.26. The van der Waals surface area contributed by atoms with Crippen LogP contribution in [0.1, 0.15) is 0 Å². The molecule has 0 spiro atoms. The van der Waals surface area contributed by atoms with Crippen LogP contribution >= 0.6 is 0 Å². The van der Waals surface area contributed by atoms with Gasteiger partial charge in [-0.2, -0.15) is 0 Å². The molecule has 0 saturated carbocycles. The maximum absolute atomic E-state index is 9.27. The third-order valence-electron chi connectivity index (χ3n) is 1.48. The second kappa shape index (κ2) is 3.60. The summed E-state index contributed by atoms with van der Waals surface area (Å²) >= 11 is 0. The van der Waals surface area contributed by atoms with E-state index in [1.807, 2.05) is 6.07 Å². The Morgan fingerprint density at radius 3 is 2.58 bits per heavy atom. The van der Waals surface area contributed by atoms with Crippen molar-refractivity contribution in [2.24, 2.45) is 0 Å². The number of phenols is 1. The number of nitrogens with zero attached hydrogens (tertiary/aromatic N) is 2. The van der Waals surface area contributed by atoms with E-state index >= 15 is 0 Å². The van der Waals surface area contributed by atoms with Crippen LogP contribution in [0.4, 0.5) is 0 Å². The van der Waals surface area contributed by atoms with Crippen LogP contribution in [0, 0.1) is 0 Å². The van der Waals surface area contributed by atoms with E-state index in [9.17, 15) is 5.11 Å². The average Bonchev–Trinajstić information content (AvgIpc) is 2.06. The predicted octanol–water partition coefficient (Wildman–Crippen LogP) is 0.955. The van der Waals surface area contributed by atoms with Crippen molar-refractivity contribution >= 4 is 30.8 Å². The Bertz CT molecular complexity index is 386. The van der Waals surface area contributed by atoms with Gasteiger partial charge in [-0.05, 0) is 12.1 Å². The Kier molecular flexibility index (Phi) is 2.72. The Hall–Kier alpha value is -1.00. The number of aromatic hydroxyl groups is 1. The SMILES string of the molecule is Oc1cccc2nccnc12.[Ga]. The van der Waals surface area contributed by atoms with Crippen LogP contribution in [0.25, 0.3) is 11.0 Å². The summed E-state index contributed by atoms with van der Waals surface area (Å²) in [6.07, 6.45) is 3.16. The molecular weight excluding hydrogens is 210 g/mol.